The molecule has 2 N–H and O–H groups in total. The van der Waals surface area contributed by atoms with Gasteiger partial charge in [-0.2, -0.15) is 18.2 Å². The molecule has 26 heavy (non-hydrogen) atoms. The molecule has 2 rings (SSSR count). The molecule has 9 heteroatoms. The zero-order valence-electron chi connectivity index (χ0n) is 15.1. The number of aliphatic imine (C=N–C) groups is 1. The van der Waals surface area contributed by atoms with E-state index >= 15 is 0 Å². The minimum atomic E-state index is -4.36. The van der Waals surface area contributed by atoms with Crippen molar-refractivity contribution in [3.63, 3.8) is 0 Å². The third kappa shape index (κ3) is 5.47. The predicted octanol–water partition coefficient (Wildman–Crippen LogP) is 3.25. The SMILES string of the molecule is CN=C(NCc1cccc(C(F)(F)F)c1)NCc1noc(C(C)(C)C)n1. The van der Waals surface area contributed by atoms with E-state index in [1.165, 1.54) is 6.07 Å². The standard InChI is InChI=1S/C17H22F3N5O/c1-16(2,3)14-24-13(25-26-14)10-23-15(21-4)22-9-11-6-5-7-12(8-11)17(18,19)20/h5-8H,9-10H2,1-4H3,(H2,21,22,23). The highest BCUT2D eigenvalue weighted by Crippen LogP contribution is 2.29. The van der Waals surface area contributed by atoms with Crippen LogP contribution in [0, 0.1) is 0 Å². The molecule has 6 nitrogen and oxygen atoms in total. The van der Waals surface area contributed by atoms with E-state index in [1.807, 2.05) is 20.8 Å². The van der Waals surface area contributed by atoms with E-state index in [4.69, 9.17) is 4.52 Å². The second-order valence-electron chi connectivity index (χ2n) is 6.74. The lowest BCUT2D eigenvalue weighted by molar-refractivity contribution is -0.137. The van der Waals surface area contributed by atoms with Gasteiger partial charge in [0.1, 0.15) is 0 Å². The molecule has 0 saturated carbocycles. The first-order valence-corrected chi connectivity index (χ1v) is 8.03. The van der Waals surface area contributed by atoms with Crippen LogP contribution >= 0.6 is 0 Å². The Morgan fingerprint density at radius 1 is 1.15 bits per heavy atom. The Kier molecular flexibility index (Phi) is 5.89. The largest absolute Gasteiger partial charge is 0.416 e. The third-order valence-corrected chi connectivity index (χ3v) is 3.46. The van der Waals surface area contributed by atoms with E-state index in [0.717, 1.165) is 12.1 Å². The van der Waals surface area contributed by atoms with Crippen molar-refractivity contribution in [3.8, 4) is 0 Å². The summed E-state index contributed by atoms with van der Waals surface area (Å²) in [7, 11) is 1.57. The Balaban J connectivity index is 1.91. The van der Waals surface area contributed by atoms with Gasteiger partial charge in [-0.1, -0.05) is 38.1 Å². The third-order valence-electron chi connectivity index (χ3n) is 3.46. The molecule has 0 radical (unpaired) electrons. The Labute approximate surface area is 149 Å². The highest BCUT2D eigenvalue weighted by Gasteiger charge is 2.30. The van der Waals surface area contributed by atoms with Crippen LogP contribution in [0.2, 0.25) is 0 Å². The number of rotatable bonds is 4. The summed E-state index contributed by atoms with van der Waals surface area (Å²) in [5.74, 6) is 1.42. The maximum absolute atomic E-state index is 12.7. The number of aromatic nitrogens is 2. The molecule has 0 bridgehead atoms. The fourth-order valence-corrected chi connectivity index (χ4v) is 2.06. The molecular weight excluding hydrogens is 347 g/mol. The second-order valence-corrected chi connectivity index (χ2v) is 6.74. The van der Waals surface area contributed by atoms with Crippen LogP contribution in [-0.4, -0.2) is 23.1 Å². The predicted molar refractivity (Wildman–Crippen MR) is 91.5 cm³/mol. The summed E-state index contributed by atoms with van der Waals surface area (Å²) < 4.78 is 43.4. The van der Waals surface area contributed by atoms with Gasteiger partial charge in [-0.05, 0) is 17.7 Å². The quantitative estimate of drug-likeness (QED) is 0.639. The Morgan fingerprint density at radius 2 is 1.85 bits per heavy atom. The molecule has 1 aromatic heterocycles. The zero-order chi connectivity index (χ0) is 19.4. The van der Waals surface area contributed by atoms with Gasteiger partial charge in [0.2, 0.25) is 5.89 Å². The van der Waals surface area contributed by atoms with E-state index in [1.54, 1.807) is 13.1 Å². The lowest BCUT2D eigenvalue weighted by atomic mass is 9.97. The van der Waals surface area contributed by atoms with E-state index in [0.29, 0.717) is 23.2 Å². The lowest BCUT2D eigenvalue weighted by Crippen LogP contribution is -2.36. The zero-order valence-corrected chi connectivity index (χ0v) is 15.1. The van der Waals surface area contributed by atoms with Crippen LogP contribution in [-0.2, 0) is 24.7 Å². The van der Waals surface area contributed by atoms with Crippen LogP contribution in [0.15, 0.2) is 33.8 Å². The van der Waals surface area contributed by atoms with Crippen molar-refractivity contribution in [1.82, 2.24) is 20.8 Å². The number of nitrogens with zero attached hydrogens (tertiary/aromatic N) is 3. The van der Waals surface area contributed by atoms with Crippen molar-refractivity contribution in [2.24, 2.45) is 4.99 Å². The molecule has 0 fully saturated rings. The maximum Gasteiger partial charge on any atom is 0.416 e. The molecular formula is C17H22F3N5O. The summed E-state index contributed by atoms with van der Waals surface area (Å²) in [4.78, 5) is 8.33. The van der Waals surface area contributed by atoms with Crippen molar-refractivity contribution < 1.29 is 17.7 Å². The lowest BCUT2D eigenvalue weighted by Gasteiger charge is -2.12. The van der Waals surface area contributed by atoms with E-state index in [2.05, 4.69) is 25.8 Å². The highest BCUT2D eigenvalue weighted by molar-refractivity contribution is 5.79. The number of nitrogens with one attached hydrogen (secondary N) is 2. The average Bonchev–Trinajstić information content (AvgIpc) is 3.04. The number of halogens is 3. The summed E-state index contributed by atoms with van der Waals surface area (Å²) in [6.45, 7) is 6.37. The van der Waals surface area contributed by atoms with E-state index in [-0.39, 0.29) is 18.5 Å². The first-order valence-electron chi connectivity index (χ1n) is 8.03. The first-order chi connectivity index (χ1) is 12.1. The van der Waals surface area contributed by atoms with Crippen molar-refractivity contribution in [2.45, 2.75) is 45.5 Å². The van der Waals surface area contributed by atoms with Crippen LogP contribution in [0.4, 0.5) is 13.2 Å². The number of guanidine groups is 1. The van der Waals surface area contributed by atoms with Gasteiger partial charge < -0.3 is 15.2 Å². The Hall–Kier alpha value is -2.58. The molecule has 0 spiro atoms. The van der Waals surface area contributed by atoms with Crippen LogP contribution < -0.4 is 10.6 Å². The summed E-state index contributed by atoms with van der Waals surface area (Å²) in [6, 6.07) is 5.14. The molecule has 0 unspecified atom stereocenters. The smallest absolute Gasteiger partial charge is 0.352 e. The number of benzene rings is 1. The summed E-state index contributed by atoms with van der Waals surface area (Å²) >= 11 is 0. The monoisotopic (exact) mass is 369 g/mol. The van der Waals surface area contributed by atoms with E-state index < -0.39 is 11.7 Å². The van der Waals surface area contributed by atoms with Crippen molar-refractivity contribution >= 4 is 5.96 Å². The molecule has 2 aromatic rings. The van der Waals surface area contributed by atoms with Crippen LogP contribution in [0.3, 0.4) is 0 Å². The first kappa shape index (κ1) is 19.7. The maximum atomic E-state index is 12.7. The second kappa shape index (κ2) is 7.76. The molecule has 0 atom stereocenters. The molecule has 0 amide bonds. The average molecular weight is 369 g/mol. The number of hydrogen-bond donors (Lipinski definition) is 2. The van der Waals surface area contributed by atoms with Gasteiger partial charge in [-0.25, -0.2) is 0 Å². The fourth-order valence-electron chi connectivity index (χ4n) is 2.06. The normalized spacial score (nSPS) is 13.0. The molecule has 0 aliphatic carbocycles. The van der Waals surface area contributed by atoms with Crippen molar-refractivity contribution in [1.29, 1.82) is 0 Å². The highest BCUT2D eigenvalue weighted by atomic mass is 19.4. The van der Waals surface area contributed by atoms with Crippen LogP contribution in [0.1, 0.15) is 43.6 Å². The Morgan fingerprint density at radius 3 is 2.42 bits per heavy atom. The number of alkyl halides is 3. The van der Waals surface area contributed by atoms with Gasteiger partial charge >= 0.3 is 6.18 Å². The molecule has 0 aliphatic rings. The molecule has 1 aromatic carbocycles. The summed E-state index contributed by atoms with van der Waals surface area (Å²) in [5, 5.41) is 9.84. The van der Waals surface area contributed by atoms with Crippen LogP contribution in [0.25, 0.3) is 0 Å². The van der Waals surface area contributed by atoms with Gasteiger partial charge in [0.05, 0.1) is 12.1 Å². The van der Waals surface area contributed by atoms with Crippen molar-refractivity contribution in [3.05, 3.63) is 47.1 Å². The summed E-state index contributed by atoms with van der Waals surface area (Å²) in [6.07, 6.45) is -4.36. The molecule has 0 saturated heterocycles. The number of hydrogen-bond acceptors (Lipinski definition) is 4. The van der Waals surface area contributed by atoms with Gasteiger partial charge in [0.15, 0.2) is 11.8 Å². The van der Waals surface area contributed by atoms with Gasteiger partial charge in [-0.3, -0.25) is 4.99 Å². The Bertz CT molecular complexity index is 762. The minimum absolute atomic E-state index is 0.197. The minimum Gasteiger partial charge on any atom is -0.352 e. The molecule has 0 aliphatic heterocycles. The van der Waals surface area contributed by atoms with Gasteiger partial charge in [0.25, 0.3) is 0 Å². The van der Waals surface area contributed by atoms with Gasteiger partial charge in [-0.15, -0.1) is 0 Å². The van der Waals surface area contributed by atoms with E-state index in [9.17, 15) is 13.2 Å². The van der Waals surface area contributed by atoms with Crippen LogP contribution in [0.5, 0.6) is 0 Å². The van der Waals surface area contributed by atoms with Crippen molar-refractivity contribution in [2.75, 3.05) is 7.05 Å². The fraction of sp³-hybridized carbons (Fsp3) is 0.471. The molecule has 1 heterocycles. The topological polar surface area (TPSA) is 75.3 Å². The molecule has 142 valence electrons. The van der Waals surface area contributed by atoms with Gasteiger partial charge in [0, 0.05) is 19.0 Å². The summed E-state index contributed by atoms with van der Waals surface area (Å²) in [5.41, 5.74) is -0.423.